The molecule has 458 valence electrons. The Morgan fingerprint density at radius 2 is 0.875 bits per heavy atom. The number of carboxylic acids is 2. The Bertz CT molecular complexity index is 5300. The molecule has 0 saturated carbocycles. The number of nitrogens with zero attached hydrogens (tertiary/aromatic N) is 8. The number of rotatable bonds is 17. The number of nitrogens with one attached hydrogen (secondary N) is 1. The normalized spacial score (nSPS) is 13.0. The van der Waals surface area contributed by atoms with E-state index >= 15 is 0 Å². The van der Waals surface area contributed by atoms with Gasteiger partial charge in [0.15, 0.2) is 17.2 Å². The molecule has 0 aliphatic carbocycles. The molecule has 0 aromatic heterocycles. The number of benzene rings is 8. The third-order valence-electron chi connectivity index (χ3n) is 11.9. The summed E-state index contributed by atoms with van der Waals surface area (Å²) in [6.07, 6.45) is 0. The summed E-state index contributed by atoms with van der Waals surface area (Å²) in [6.45, 7) is 1.06. The number of nitrogen functional groups attached to an aromatic ring is 1. The zero-order valence-electron chi connectivity index (χ0n) is 42.8. The summed E-state index contributed by atoms with van der Waals surface area (Å²) in [6, 6.07) is 11.0. The summed E-state index contributed by atoms with van der Waals surface area (Å²) in [7, 11) is -33.3. The first-order valence-electron chi connectivity index (χ1n) is 22.9. The number of carbonyl (C=O) groups is 3. The molecule has 8 aromatic rings. The van der Waals surface area contributed by atoms with Gasteiger partial charge >= 0.3 is 11.9 Å². The number of azo groups is 4. The lowest BCUT2D eigenvalue weighted by atomic mass is 10.0. The maximum absolute atomic E-state index is 13.1. The minimum atomic E-state index is -5.75. The van der Waals surface area contributed by atoms with Crippen molar-refractivity contribution in [3.05, 3.63) is 102 Å². The van der Waals surface area contributed by atoms with Gasteiger partial charge in [-0.2, -0.15) is 60.7 Å². The van der Waals surface area contributed by atoms with Crippen LogP contribution in [0.25, 0.3) is 32.3 Å². The van der Waals surface area contributed by atoms with Crippen LogP contribution in [0.1, 0.15) is 27.6 Å². The topological polar surface area (TPSA) is 616 Å². The van der Waals surface area contributed by atoms with E-state index in [1.165, 1.54) is 0 Å². The Kier molecular flexibility index (Phi) is 16.5. The first-order chi connectivity index (χ1) is 40.6. The van der Waals surface area contributed by atoms with Crippen LogP contribution in [0.2, 0.25) is 0 Å². The van der Waals surface area contributed by atoms with E-state index in [1.54, 1.807) is 0 Å². The average molecular weight is 1330 g/mol. The van der Waals surface area contributed by atoms with Crippen LogP contribution in [-0.4, -0.2) is 121 Å². The molecule has 8 aromatic carbocycles. The van der Waals surface area contributed by atoms with Crippen molar-refractivity contribution in [2.75, 3.05) is 11.1 Å². The Labute approximate surface area is 490 Å². The number of hydrogen-bond donors (Lipinski definition) is 13. The van der Waals surface area contributed by atoms with Gasteiger partial charge in [-0.15, -0.1) is 30.7 Å². The monoisotopic (exact) mass is 1330 g/mol. The predicted octanol–water partition coefficient (Wildman–Crippen LogP) is 8.34. The molecule has 0 atom stereocenters. The smallest absolute Gasteiger partial charge is 0.335 e. The standard InChI is InChI=1S/C46H32N10O26S6/c1-17(57)48-21-3-7-31(83(65,66)67)29(13-21)52-56-39-34(86(74,75)76)14-26-25(42(39)59)5-6-28(44(26)88(80,81)82)51-53-30-16-32(84(68,69)70)27-15-35(87(77,78)79)40(43(60)36(27)37(30)47)55-49-22-2-4-24-18(9-22)12-33(85(71,72)73)38(41(24)58)54-50-23-10-19(45(61)62)8-20(11-23)46(63)64/h2-16,58-60H,47H2,1H3,(H,48,57)(H,61,62)(H,63,64)(H,65,66,67)(H,68,69,70)(H,71,72,73)(H,74,75,76)(H,77,78,79)(H,80,81,82)/b53-51?,54-50-,55-49?,56-52?. The van der Waals surface area contributed by atoms with E-state index < -0.39 is 209 Å². The first-order valence-corrected chi connectivity index (χ1v) is 31.5. The lowest BCUT2D eigenvalue weighted by Crippen LogP contribution is -2.06. The number of hydrogen-bond acceptors (Lipinski definition) is 27. The van der Waals surface area contributed by atoms with Gasteiger partial charge in [0.2, 0.25) is 5.91 Å². The molecule has 0 fully saturated rings. The van der Waals surface area contributed by atoms with Crippen LogP contribution in [0.3, 0.4) is 0 Å². The number of aromatic carboxylic acids is 2. The molecule has 0 heterocycles. The number of fused-ring (bicyclic) bond motifs is 3. The summed E-state index contributed by atoms with van der Waals surface area (Å²) in [5.74, 6) is -7.74. The minimum absolute atomic E-state index is 0.150. The quantitative estimate of drug-likeness (QED) is 0.0231. The van der Waals surface area contributed by atoms with Gasteiger partial charge in [-0.3, -0.25) is 32.1 Å². The maximum Gasteiger partial charge on any atom is 0.335 e. The van der Waals surface area contributed by atoms with Crippen molar-refractivity contribution in [1.29, 1.82) is 0 Å². The van der Waals surface area contributed by atoms with E-state index in [4.69, 9.17) is 5.73 Å². The van der Waals surface area contributed by atoms with Crippen molar-refractivity contribution in [3.8, 4) is 17.2 Å². The van der Waals surface area contributed by atoms with Crippen molar-refractivity contribution in [2.45, 2.75) is 36.3 Å². The summed E-state index contributed by atoms with van der Waals surface area (Å²) in [5.41, 5.74) is -3.18. The van der Waals surface area contributed by atoms with E-state index in [-0.39, 0.29) is 16.5 Å². The van der Waals surface area contributed by atoms with Crippen molar-refractivity contribution < 1.29 is 118 Å². The Balaban J connectivity index is 1.26. The third-order valence-corrected chi connectivity index (χ3v) is 17.2. The van der Waals surface area contributed by atoms with E-state index in [1.807, 2.05) is 0 Å². The maximum atomic E-state index is 13.1. The van der Waals surface area contributed by atoms with Gasteiger partial charge in [0, 0.05) is 34.2 Å². The highest BCUT2D eigenvalue weighted by Crippen LogP contribution is 2.51. The summed E-state index contributed by atoms with van der Waals surface area (Å²) in [4.78, 5) is 26.9. The lowest BCUT2D eigenvalue weighted by Gasteiger charge is -2.15. The Morgan fingerprint density at radius 1 is 0.409 bits per heavy atom. The molecule has 0 radical (unpaired) electrons. The van der Waals surface area contributed by atoms with Gasteiger partial charge in [0.1, 0.15) is 63.5 Å². The van der Waals surface area contributed by atoms with Gasteiger partial charge < -0.3 is 36.6 Å². The molecule has 8 rings (SSSR count). The van der Waals surface area contributed by atoms with Gasteiger partial charge in [-0.05, 0) is 96.4 Å². The van der Waals surface area contributed by atoms with Crippen LogP contribution in [-0.2, 0) is 65.5 Å². The van der Waals surface area contributed by atoms with Gasteiger partial charge in [0.05, 0.1) is 33.6 Å². The number of aromatic hydroxyl groups is 3. The number of phenolic OH excluding ortho intramolecular Hbond substituents is 3. The Hall–Kier alpha value is -9.99. The van der Waals surface area contributed by atoms with Crippen LogP contribution in [0.4, 0.5) is 56.9 Å². The molecular weight excluding hydrogens is 1300 g/mol. The van der Waals surface area contributed by atoms with Crippen molar-refractivity contribution in [1.82, 2.24) is 0 Å². The number of carbonyl (C=O) groups excluding carboxylic acids is 1. The second-order valence-electron chi connectivity index (χ2n) is 17.8. The minimum Gasteiger partial charge on any atom is -0.505 e. The molecule has 1 amide bonds. The third kappa shape index (κ3) is 13.1. The Morgan fingerprint density at radius 3 is 1.40 bits per heavy atom. The number of anilines is 2. The highest BCUT2D eigenvalue weighted by atomic mass is 32.2. The first kappa shape index (κ1) is 64.0. The molecule has 0 aliphatic rings. The largest absolute Gasteiger partial charge is 0.505 e. The van der Waals surface area contributed by atoms with Crippen LogP contribution in [0.15, 0.2) is 161 Å². The molecule has 0 aliphatic heterocycles. The molecule has 36 nitrogen and oxygen atoms in total. The van der Waals surface area contributed by atoms with Crippen LogP contribution >= 0.6 is 0 Å². The van der Waals surface area contributed by atoms with Gasteiger partial charge in [0.25, 0.3) is 60.7 Å². The molecule has 42 heteroatoms. The van der Waals surface area contributed by atoms with Crippen LogP contribution in [0, 0.1) is 0 Å². The fourth-order valence-corrected chi connectivity index (χ4v) is 12.3. The average Bonchev–Trinajstić information content (AvgIpc) is 0.826. The highest BCUT2D eigenvalue weighted by molar-refractivity contribution is 7.87. The fourth-order valence-electron chi connectivity index (χ4n) is 8.26. The summed E-state index contributed by atoms with van der Waals surface area (Å²) >= 11 is 0. The SMILES string of the molecule is CC(=O)Nc1ccc(S(=O)(=O)O)c(N=Nc2c(S(=O)(=O)O)cc3c(S(=O)(=O)O)c(N=Nc4cc(S(=O)(=O)O)c5cc(S(=O)(=O)O)c(N=Nc6ccc7c(O)c(/N=N\c8cc(C(=O)O)cc(C(=O)O)c8)c(S(=O)(=O)O)cc7c6)c(O)c5c4N)ccc3c2O)c1. The molecule has 0 spiro atoms. The lowest BCUT2D eigenvalue weighted by molar-refractivity contribution is -0.114. The zero-order chi connectivity index (χ0) is 65.3. The fraction of sp³-hybridized carbons (Fsp3) is 0.0217. The van der Waals surface area contributed by atoms with Crippen LogP contribution in [0.5, 0.6) is 17.2 Å². The molecule has 88 heavy (non-hydrogen) atoms. The van der Waals surface area contributed by atoms with Gasteiger partial charge in [-0.25, -0.2) is 9.59 Å². The van der Waals surface area contributed by atoms with Crippen molar-refractivity contribution in [3.63, 3.8) is 0 Å². The van der Waals surface area contributed by atoms with Crippen LogP contribution < -0.4 is 11.1 Å². The summed E-state index contributed by atoms with van der Waals surface area (Å²) in [5, 5.41) is 80.0. The zero-order valence-corrected chi connectivity index (χ0v) is 47.7. The molecule has 0 bridgehead atoms. The van der Waals surface area contributed by atoms with Crippen molar-refractivity contribution >= 4 is 168 Å². The molecule has 0 saturated heterocycles. The van der Waals surface area contributed by atoms with Gasteiger partial charge in [-0.1, -0.05) is 0 Å². The van der Waals surface area contributed by atoms with E-state index in [0.29, 0.717) is 30.3 Å². The number of phenols is 3. The van der Waals surface area contributed by atoms with Crippen molar-refractivity contribution in [2.24, 2.45) is 40.9 Å². The number of nitrogens with two attached hydrogens (primary N) is 1. The highest BCUT2D eigenvalue weighted by Gasteiger charge is 2.32. The van der Waals surface area contributed by atoms with E-state index in [9.17, 15) is 118 Å². The predicted molar refractivity (Wildman–Crippen MR) is 298 cm³/mol. The number of carboxylic acid groups (broad SMARTS) is 2. The number of amides is 1. The van der Waals surface area contributed by atoms with E-state index in [2.05, 4.69) is 46.2 Å². The molecule has 14 N–H and O–H groups in total. The second kappa shape index (κ2) is 22.7. The molecule has 0 unspecified atom stereocenters. The summed E-state index contributed by atoms with van der Waals surface area (Å²) < 4.78 is 214. The van der Waals surface area contributed by atoms with E-state index in [0.717, 1.165) is 67.6 Å². The molecular formula is C46H32N10O26S6. The second-order valence-corrected chi connectivity index (χ2v) is 26.1.